The molecule has 0 bridgehead atoms. The first kappa shape index (κ1) is 11.2. The Kier molecular flexibility index (Phi) is 3.69. The van der Waals surface area contributed by atoms with Gasteiger partial charge in [-0.05, 0) is 0 Å². The van der Waals surface area contributed by atoms with Crippen LogP contribution in [0.15, 0.2) is 10.8 Å². The van der Waals surface area contributed by atoms with Gasteiger partial charge in [0, 0.05) is 10.8 Å². The molecule has 1 aromatic rings. The molecule has 80 valence electrons. The molecule has 0 aromatic carbocycles. The molecule has 6 nitrogen and oxygen atoms in total. The van der Waals surface area contributed by atoms with Gasteiger partial charge in [0.25, 0.3) is 0 Å². The fourth-order valence-electron chi connectivity index (χ4n) is 0.787. The molecule has 2 rings (SSSR count). The molecule has 0 saturated heterocycles. The summed E-state index contributed by atoms with van der Waals surface area (Å²) in [5.41, 5.74) is 0. The van der Waals surface area contributed by atoms with Crippen LogP contribution in [0, 0.1) is 0 Å². The minimum Gasteiger partial charge on any atom is -0.485 e. The van der Waals surface area contributed by atoms with Gasteiger partial charge in [0.15, 0.2) is 11.5 Å². The van der Waals surface area contributed by atoms with Crippen LogP contribution in [0.2, 0.25) is 0 Å². The predicted molar refractivity (Wildman–Crippen MR) is 49.5 cm³/mol. The summed E-state index contributed by atoms with van der Waals surface area (Å²) in [6.45, 7) is 1.37. The Labute approximate surface area is 84.7 Å². The largest absolute Gasteiger partial charge is 0.485 e. The summed E-state index contributed by atoms with van der Waals surface area (Å²) >= 11 is 1.61. The van der Waals surface area contributed by atoms with E-state index >= 15 is 0 Å². The van der Waals surface area contributed by atoms with Crippen LogP contribution >= 0.6 is 11.3 Å². The van der Waals surface area contributed by atoms with Crippen LogP contribution in [-0.4, -0.2) is 30.7 Å². The quantitative estimate of drug-likeness (QED) is 0.653. The first-order valence-electron chi connectivity index (χ1n) is 3.48. The van der Waals surface area contributed by atoms with Crippen LogP contribution in [0.25, 0.3) is 0 Å². The van der Waals surface area contributed by atoms with Crippen molar-refractivity contribution in [1.29, 1.82) is 0 Å². The average Bonchev–Trinajstić information content (AvgIpc) is 2.47. The fraction of sp³-hybridized carbons (Fsp3) is 0.333. The van der Waals surface area contributed by atoms with E-state index in [1.54, 1.807) is 11.3 Å². The third-order valence-corrected chi connectivity index (χ3v) is 1.89. The molecule has 2 N–H and O–H groups in total. The van der Waals surface area contributed by atoms with E-state index in [0.717, 1.165) is 11.5 Å². The van der Waals surface area contributed by atoms with Gasteiger partial charge in [0.2, 0.25) is 0 Å². The van der Waals surface area contributed by atoms with Crippen molar-refractivity contribution in [3.8, 4) is 11.5 Å². The molecule has 0 atom stereocenters. The zero-order valence-corrected chi connectivity index (χ0v) is 8.55. The van der Waals surface area contributed by atoms with E-state index in [4.69, 9.17) is 27.0 Å². The summed E-state index contributed by atoms with van der Waals surface area (Å²) in [4.78, 5) is 0. The Morgan fingerprint density at radius 1 is 1.14 bits per heavy atom. The number of thiophene rings is 1. The van der Waals surface area contributed by atoms with Gasteiger partial charge in [-0.15, -0.1) is 11.3 Å². The third-order valence-electron chi connectivity index (χ3n) is 1.19. The number of hydrogen-bond donors (Lipinski definition) is 2. The van der Waals surface area contributed by atoms with Gasteiger partial charge >= 0.3 is 10.4 Å². The van der Waals surface area contributed by atoms with Crippen molar-refractivity contribution in [2.45, 2.75) is 0 Å². The lowest BCUT2D eigenvalue weighted by molar-refractivity contribution is 0.173. The molecule has 0 aliphatic carbocycles. The van der Waals surface area contributed by atoms with Gasteiger partial charge in [-0.25, -0.2) is 0 Å². The second-order valence-electron chi connectivity index (χ2n) is 2.25. The summed E-state index contributed by atoms with van der Waals surface area (Å²) in [5.74, 6) is 1.79. The third kappa shape index (κ3) is 4.42. The highest BCUT2D eigenvalue weighted by molar-refractivity contribution is 7.79. The second kappa shape index (κ2) is 4.60. The highest BCUT2D eigenvalue weighted by Gasteiger charge is 2.10. The zero-order chi connectivity index (χ0) is 10.6. The van der Waals surface area contributed by atoms with Crippen molar-refractivity contribution >= 4 is 21.7 Å². The van der Waals surface area contributed by atoms with Crippen LogP contribution < -0.4 is 9.47 Å². The molecular formula is C6H8O6S2. The maximum Gasteiger partial charge on any atom is 0.394 e. The molecule has 0 spiro atoms. The Hall–Kier alpha value is -0.830. The van der Waals surface area contributed by atoms with E-state index in [9.17, 15) is 0 Å². The van der Waals surface area contributed by atoms with E-state index < -0.39 is 10.4 Å². The molecule has 1 aliphatic rings. The molecule has 0 radical (unpaired) electrons. The molecule has 8 heteroatoms. The Morgan fingerprint density at radius 2 is 1.50 bits per heavy atom. The van der Waals surface area contributed by atoms with Crippen LogP contribution in [0.5, 0.6) is 11.5 Å². The van der Waals surface area contributed by atoms with Crippen molar-refractivity contribution in [2.75, 3.05) is 13.2 Å². The van der Waals surface area contributed by atoms with Gasteiger partial charge in [-0.1, -0.05) is 0 Å². The van der Waals surface area contributed by atoms with Crippen molar-refractivity contribution < 1.29 is 27.0 Å². The number of ether oxygens (including phenoxy) is 2. The average molecular weight is 240 g/mol. The first-order valence-corrected chi connectivity index (χ1v) is 5.82. The van der Waals surface area contributed by atoms with Crippen molar-refractivity contribution in [1.82, 2.24) is 0 Å². The summed E-state index contributed by atoms with van der Waals surface area (Å²) in [7, 11) is -4.67. The van der Waals surface area contributed by atoms with Crippen LogP contribution in [0.3, 0.4) is 0 Å². The topological polar surface area (TPSA) is 93.1 Å². The molecule has 1 aliphatic heterocycles. The Morgan fingerprint density at radius 3 is 1.86 bits per heavy atom. The molecule has 0 fully saturated rings. The lowest BCUT2D eigenvalue weighted by Gasteiger charge is -2.13. The summed E-state index contributed by atoms with van der Waals surface area (Å²) < 4.78 is 42.1. The summed E-state index contributed by atoms with van der Waals surface area (Å²) in [6.07, 6.45) is 0. The zero-order valence-electron chi connectivity index (χ0n) is 6.91. The smallest absolute Gasteiger partial charge is 0.394 e. The van der Waals surface area contributed by atoms with Crippen molar-refractivity contribution in [3.63, 3.8) is 0 Å². The number of rotatable bonds is 0. The second-order valence-corrected chi connectivity index (χ2v) is 3.88. The maximum absolute atomic E-state index is 8.74. The van der Waals surface area contributed by atoms with Gasteiger partial charge in [-0.2, -0.15) is 8.42 Å². The van der Waals surface area contributed by atoms with E-state index in [0.29, 0.717) is 13.2 Å². The van der Waals surface area contributed by atoms with Crippen LogP contribution in [0.4, 0.5) is 0 Å². The van der Waals surface area contributed by atoms with Crippen LogP contribution in [0.1, 0.15) is 0 Å². The van der Waals surface area contributed by atoms with Crippen molar-refractivity contribution in [3.05, 3.63) is 10.8 Å². The minimum atomic E-state index is -4.67. The molecule has 0 amide bonds. The number of hydrogen-bond acceptors (Lipinski definition) is 5. The van der Waals surface area contributed by atoms with Gasteiger partial charge in [0.05, 0.1) is 0 Å². The molecule has 0 unspecified atom stereocenters. The van der Waals surface area contributed by atoms with Gasteiger partial charge in [-0.3, -0.25) is 9.11 Å². The molecular weight excluding hydrogens is 232 g/mol. The Balaban J connectivity index is 0.000000171. The van der Waals surface area contributed by atoms with Gasteiger partial charge < -0.3 is 9.47 Å². The first-order chi connectivity index (χ1) is 6.47. The molecule has 1 aromatic heterocycles. The van der Waals surface area contributed by atoms with E-state index in [-0.39, 0.29) is 0 Å². The maximum atomic E-state index is 8.74. The lowest BCUT2D eigenvalue weighted by atomic mass is 10.5. The Bertz CT molecular complexity index is 352. The standard InChI is InChI=1S/C6H6O2S.H2O4S/c1-2-8-6-4-9-3-5(6)7-1;1-5(2,3)4/h3-4H,1-2H2;(H2,1,2,3,4). The summed E-state index contributed by atoms with van der Waals surface area (Å²) in [5, 5.41) is 3.91. The molecule has 2 heterocycles. The monoisotopic (exact) mass is 240 g/mol. The highest BCUT2D eigenvalue weighted by atomic mass is 32.3. The molecule has 0 saturated carbocycles. The van der Waals surface area contributed by atoms with Crippen molar-refractivity contribution in [2.24, 2.45) is 0 Å². The normalized spacial score (nSPS) is 14.1. The number of fused-ring (bicyclic) bond motifs is 1. The fourth-order valence-corrected chi connectivity index (χ4v) is 1.47. The summed E-state index contributed by atoms with van der Waals surface area (Å²) in [6, 6.07) is 0. The lowest BCUT2D eigenvalue weighted by Crippen LogP contribution is -2.13. The predicted octanol–water partition coefficient (Wildman–Crippen LogP) is 0.867. The molecule has 14 heavy (non-hydrogen) atoms. The van der Waals surface area contributed by atoms with E-state index in [2.05, 4.69) is 0 Å². The van der Waals surface area contributed by atoms with Crippen LogP contribution in [-0.2, 0) is 10.4 Å². The highest BCUT2D eigenvalue weighted by Crippen LogP contribution is 2.33. The van der Waals surface area contributed by atoms with E-state index in [1.807, 2.05) is 10.8 Å². The SMILES string of the molecule is O=S(=O)(O)O.c1scc2c1OCCO2. The van der Waals surface area contributed by atoms with Gasteiger partial charge in [0.1, 0.15) is 13.2 Å². The van der Waals surface area contributed by atoms with E-state index in [1.165, 1.54) is 0 Å². The minimum absolute atomic E-state index is 0.684.